The van der Waals surface area contributed by atoms with Crippen LogP contribution in [0.4, 0.5) is 18.9 Å². The van der Waals surface area contributed by atoms with Crippen molar-refractivity contribution >= 4 is 23.4 Å². The molecule has 0 heterocycles. The number of carbonyl (C=O) groups is 3. The number of anilines is 1. The molecule has 0 fully saturated rings. The van der Waals surface area contributed by atoms with E-state index < -0.39 is 29.1 Å². The first-order valence-corrected chi connectivity index (χ1v) is 8.99. The second-order valence-electron chi connectivity index (χ2n) is 6.90. The summed E-state index contributed by atoms with van der Waals surface area (Å²) in [5.41, 5.74) is -1.67. The van der Waals surface area contributed by atoms with Gasteiger partial charge in [0.15, 0.2) is 0 Å². The Hall–Kier alpha value is -3.36. The second-order valence-corrected chi connectivity index (χ2v) is 6.90. The molecule has 0 aliphatic heterocycles. The number of nitrogens with one attached hydrogen (secondary N) is 3. The molecule has 160 valence electrons. The summed E-state index contributed by atoms with van der Waals surface area (Å²) < 4.78 is 39.4. The Morgan fingerprint density at radius 1 is 0.967 bits per heavy atom. The van der Waals surface area contributed by atoms with E-state index in [0.29, 0.717) is 16.8 Å². The lowest BCUT2D eigenvalue weighted by molar-refractivity contribution is -0.137. The number of halogens is 3. The number of hydrogen-bond acceptors (Lipinski definition) is 3. The molecule has 0 aliphatic carbocycles. The lowest BCUT2D eigenvalue weighted by atomic mass is 9.89. The van der Waals surface area contributed by atoms with Crippen molar-refractivity contribution in [3.8, 4) is 0 Å². The van der Waals surface area contributed by atoms with Gasteiger partial charge in [0, 0.05) is 25.2 Å². The van der Waals surface area contributed by atoms with Crippen LogP contribution in [0.3, 0.4) is 0 Å². The summed E-state index contributed by atoms with van der Waals surface area (Å²) in [6, 6.07) is 8.90. The molecule has 0 saturated carbocycles. The summed E-state index contributed by atoms with van der Waals surface area (Å²) in [7, 11) is 1.47. The number of carbonyl (C=O) groups excluding carboxylic acids is 3. The zero-order valence-corrected chi connectivity index (χ0v) is 16.9. The number of rotatable bonds is 5. The highest BCUT2D eigenvalue weighted by Gasteiger charge is 2.39. The van der Waals surface area contributed by atoms with Crippen molar-refractivity contribution < 1.29 is 27.6 Å². The van der Waals surface area contributed by atoms with Crippen molar-refractivity contribution in [2.45, 2.75) is 32.5 Å². The van der Waals surface area contributed by atoms with Crippen molar-refractivity contribution in [2.24, 2.45) is 0 Å². The molecule has 0 radical (unpaired) electrons. The fourth-order valence-corrected chi connectivity index (χ4v) is 3.02. The maximum Gasteiger partial charge on any atom is 0.416 e. The lowest BCUT2D eigenvalue weighted by Gasteiger charge is -2.30. The predicted molar refractivity (Wildman–Crippen MR) is 106 cm³/mol. The molecule has 0 aliphatic rings. The lowest BCUT2D eigenvalue weighted by Crippen LogP contribution is -2.51. The molecule has 0 aromatic heterocycles. The van der Waals surface area contributed by atoms with E-state index in [2.05, 4.69) is 16.0 Å². The molecule has 3 N–H and O–H groups in total. The van der Waals surface area contributed by atoms with Gasteiger partial charge in [0.25, 0.3) is 11.8 Å². The first-order chi connectivity index (χ1) is 13.9. The van der Waals surface area contributed by atoms with Crippen LogP contribution in [-0.2, 0) is 21.3 Å². The summed E-state index contributed by atoms with van der Waals surface area (Å²) in [5, 5.41) is 7.55. The van der Waals surface area contributed by atoms with Gasteiger partial charge in [-0.05, 0) is 49.2 Å². The zero-order chi connectivity index (χ0) is 22.7. The Labute approximate surface area is 171 Å². The highest BCUT2D eigenvalue weighted by atomic mass is 19.4. The van der Waals surface area contributed by atoms with Gasteiger partial charge in [-0.3, -0.25) is 14.4 Å². The van der Waals surface area contributed by atoms with E-state index in [0.717, 1.165) is 19.1 Å². The van der Waals surface area contributed by atoms with Gasteiger partial charge in [0.1, 0.15) is 5.54 Å². The molecule has 0 bridgehead atoms. The molecular weight excluding hydrogens is 399 g/mol. The highest BCUT2D eigenvalue weighted by molar-refractivity contribution is 6.03. The molecule has 6 nitrogen and oxygen atoms in total. The first kappa shape index (κ1) is 22.9. The van der Waals surface area contributed by atoms with Crippen LogP contribution < -0.4 is 16.0 Å². The Morgan fingerprint density at radius 2 is 1.57 bits per heavy atom. The Kier molecular flexibility index (Phi) is 6.54. The van der Waals surface area contributed by atoms with Crippen molar-refractivity contribution in [1.29, 1.82) is 0 Å². The van der Waals surface area contributed by atoms with E-state index >= 15 is 0 Å². The van der Waals surface area contributed by atoms with Gasteiger partial charge in [-0.15, -0.1) is 0 Å². The van der Waals surface area contributed by atoms with E-state index in [9.17, 15) is 27.6 Å². The molecule has 2 aromatic rings. The Bertz CT molecular complexity index is 989. The zero-order valence-electron chi connectivity index (χ0n) is 16.9. The Morgan fingerprint density at radius 3 is 2.13 bits per heavy atom. The summed E-state index contributed by atoms with van der Waals surface area (Å²) >= 11 is 0. The van der Waals surface area contributed by atoms with Gasteiger partial charge in [-0.25, -0.2) is 0 Å². The highest BCUT2D eigenvalue weighted by Crippen LogP contribution is 2.33. The average molecular weight is 421 g/mol. The van der Waals surface area contributed by atoms with Crippen molar-refractivity contribution in [3.63, 3.8) is 0 Å². The van der Waals surface area contributed by atoms with Crippen molar-refractivity contribution in [3.05, 3.63) is 64.7 Å². The molecule has 0 unspecified atom stereocenters. The fourth-order valence-electron chi connectivity index (χ4n) is 3.02. The SMILES string of the molecule is CNC(=O)c1cccc(NC(=O)[C@](C)(NC(C)=O)c2cccc(C(F)(F)F)c2)c1C. The fraction of sp³-hybridized carbons (Fsp3) is 0.286. The minimum atomic E-state index is -4.61. The largest absolute Gasteiger partial charge is 0.416 e. The molecule has 2 aromatic carbocycles. The van der Waals surface area contributed by atoms with E-state index in [-0.39, 0.29) is 11.5 Å². The average Bonchev–Trinajstić information content (AvgIpc) is 2.67. The molecule has 1 atom stereocenters. The van der Waals surface area contributed by atoms with Gasteiger partial charge in [0.05, 0.1) is 5.56 Å². The summed E-state index contributed by atoms with van der Waals surface area (Å²) in [5.74, 6) is -1.71. The first-order valence-electron chi connectivity index (χ1n) is 8.99. The van der Waals surface area contributed by atoms with Crippen LogP contribution in [0.1, 0.15) is 40.9 Å². The molecule has 0 saturated heterocycles. The van der Waals surface area contributed by atoms with E-state index in [1.807, 2.05) is 0 Å². The third-order valence-electron chi connectivity index (χ3n) is 4.70. The number of hydrogen-bond donors (Lipinski definition) is 3. The normalized spacial score (nSPS) is 13.2. The molecule has 2 rings (SSSR count). The van der Waals surface area contributed by atoms with Gasteiger partial charge < -0.3 is 16.0 Å². The minimum absolute atomic E-state index is 0.0369. The van der Waals surface area contributed by atoms with Crippen molar-refractivity contribution in [2.75, 3.05) is 12.4 Å². The van der Waals surface area contributed by atoms with E-state index in [4.69, 9.17) is 0 Å². The van der Waals surface area contributed by atoms with Crippen LogP contribution in [-0.4, -0.2) is 24.8 Å². The van der Waals surface area contributed by atoms with Gasteiger partial charge >= 0.3 is 6.18 Å². The summed E-state index contributed by atoms with van der Waals surface area (Å²) in [4.78, 5) is 36.9. The quantitative estimate of drug-likeness (QED) is 0.692. The van der Waals surface area contributed by atoms with Crippen LogP contribution in [0.15, 0.2) is 42.5 Å². The minimum Gasteiger partial charge on any atom is -0.355 e. The third-order valence-corrected chi connectivity index (χ3v) is 4.70. The maximum absolute atomic E-state index is 13.1. The molecule has 30 heavy (non-hydrogen) atoms. The Balaban J connectivity index is 2.49. The summed E-state index contributed by atoms with van der Waals surface area (Å²) in [6.45, 7) is 4.11. The van der Waals surface area contributed by atoms with Crippen LogP contribution in [0.5, 0.6) is 0 Å². The van der Waals surface area contributed by atoms with Gasteiger partial charge in [0.2, 0.25) is 5.91 Å². The maximum atomic E-state index is 13.1. The number of amides is 3. The summed E-state index contributed by atoms with van der Waals surface area (Å²) in [6.07, 6.45) is -4.61. The van der Waals surface area contributed by atoms with Crippen LogP contribution in [0.2, 0.25) is 0 Å². The van der Waals surface area contributed by atoms with Crippen molar-refractivity contribution in [1.82, 2.24) is 10.6 Å². The van der Waals surface area contributed by atoms with Crippen LogP contribution in [0, 0.1) is 6.92 Å². The van der Waals surface area contributed by atoms with E-state index in [1.165, 1.54) is 26.1 Å². The second kappa shape index (κ2) is 8.56. The molecule has 0 spiro atoms. The van der Waals surface area contributed by atoms with E-state index in [1.54, 1.807) is 25.1 Å². The van der Waals surface area contributed by atoms with Gasteiger partial charge in [-0.2, -0.15) is 13.2 Å². The molecular formula is C21H22F3N3O3. The molecule has 3 amide bonds. The third kappa shape index (κ3) is 4.79. The monoisotopic (exact) mass is 421 g/mol. The number of alkyl halides is 3. The molecule has 9 heteroatoms. The number of benzene rings is 2. The van der Waals surface area contributed by atoms with Crippen LogP contribution in [0.25, 0.3) is 0 Å². The van der Waals surface area contributed by atoms with Gasteiger partial charge in [-0.1, -0.05) is 18.2 Å². The topological polar surface area (TPSA) is 87.3 Å². The smallest absolute Gasteiger partial charge is 0.355 e. The predicted octanol–water partition coefficient (Wildman–Crippen LogP) is 3.36. The van der Waals surface area contributed by atoms with Crippen LogP contribution >= 0.6 is 0 Å². The standard InChI is InChI=1S/C21H22F3N3O3/c1-12-16(18(29)25-4)9-6-10-17(12)26-19(30)20(3,27-13(2)28)14-7-5-8-15(11-14)21(22,23)24/h5-11H,1-4H3,(H,25,29)(H,26,30)(H,27,28)/t20-/m1/s1.